The van der Waals surface area contributed by atoms with Gasteiger partial charge >= 0.3 is 0 Å². The van der Waals surface area contributed by atoms with Crippen molar-refractivity contribution in [2.45, 2.75) is 50.4 Å². The number of pyridine rings is 1. The lowest BCUT2D eigenvalue weighted by Crippen LogP contribution is -2.25. The smallest absolute Gasteiger partial charge is 0.230 e. The van der Waals surface area contributed by atoms with E-state index in [-0.39, 0.29) is 5.91 Å². The summed E-state index contributed by atoms with van der Waals surface area (Å²) in [6.07, 6.45) is 4.67. The SMILES string of the molecule is Cc1cccc(CNC(=O)CSc2nnnn2C2CCCC2)n1. The minimum absolute atomic E-state index is 0.0423. The first-order valence-corrected chi connectivity index (χ1v) is 8.81. The molecule has 23 heavy (non-hydrogen) atoms. The highest BCUT2D eigenvalue weighted by Crippen LogP contribution is 2.31. The van der Waals surface area contributed by atoms with Crippen molar-refractivity contribution in [2.75, 3.05) is 5.75 Å². The molecule has 3 rings (SSSR count). The van der Waals surface area contributed by atoms with E-state index in [0.717, 1.165) is 29.4 Å². The monoisotopic (exact) mass is 332 g/mol. The summed E-state index contributed by atoms with van der Waals surface area (Å²) in [6.45, 7) is 2.37. The summed E-state index contributed by atoms with van der Waals surface area (Å²) in [5.41, 5.74) is 1.81. The molecular weight excluding hydrogens is 312 g/mol. The predicted octanol–water partition coefficient (Wildman–Crippen LogP) is 1.90. The summed E-state index contributed by atoms with van der Waals surface area (Å²) in [7, 11) is 0. The van der Waals surface area contributed by atoms with Gasteiger partial charge in [0.15, 0.2) is 0 Å². The normalized spacial score (nSPS) is 15.0. The van der Waals surface area contributed by atoms with Crippen molar-refractivity contribution < 1.29 is 4.79 Å². The highest BCUT2D eigenvalue weighted by Gasteiger charge is 2.22. The number of carbonyl (C=O) groups excluding carboxylic acids is 1. The molecule has 8 heteroatoms. The molecule has 0 spiro atoms. The van der Waals surface area contributed by atoms with E-state index in [1.54, 1.807) is 0 Å². The molecule has 0 radical (unpaired) electrons. The lowest BCUT2D eigenvalue weighted by atomic mass is 10.3. The fourth-order valence-corrected chi connectivity index (χ4v) is 3.50. The van der Waals surface area contributed by atoms with Gasteiger partial charge in [0.25, 0.3) is 0 Å². The van der Waals surface area contributed by atoms with Gasteiger partial charge in [-0.3, -0.25) is 9.78 Å². The fraction of sp³-hybridized carbons (Fsp3) is 0.533. The number of thioether (sulfide) groups is 1. The van der Waals surface area contributed by atoms with Gasteiger partial charge in [-0.05, 0) is 42.3 Å². The third-order valence-corrected chi connectivity index (χ3v) is 4.81. The molecule has 2 aromatic heterocycles. The number of rotatable bonds is 6. The van der Waals surface area contributed by atoms with Crippen LogP contribution < -0.4 is 5.32 Å². The molecule has 0 saturated heterocycles. The molecule has 1 aliphatic rings. The Morgan fingerprint density at radius 2 is 2.22 bits per heavy atom. The summed E-state index contributed by atoms with van der Waals surface area (Å²) in [6, 6.07) is 6.16. The van der Waals surface area contributed by atoms with Crippen molar-refractivity contribution >= 4 is 17.7 Å². The maximum Gasteiger partial charge on any atom is 0.230 e. The van der Waals surface area contributed by atoms with Crippen LogP contribution in [0.3, 0.4) is 0 Å². The Morgan fingerprint density at radius 1 is 1.39 bits per heavy atom. The van der Waals surface area contributed by atoms with Gasteiger partial charge in [0.1, 0.15) is 0 Å². The number of tetrazole rings is 1. The number of aromatic nitrogens is 5. The fourth-order valence-electron chi connectivity index (χ4n) is 2.73. The zero-order chi connectivity index (χ0) is 16.1. The second-order valence-electron chi connectivity index (χ2n) is 5.68. The molecule has 2 heterocycles. The van der Waals surface area contributed by atoms with Gasteiger partial charge in [0, 0.05) is 5.69 Å². The molecule has 0 aromatic carbocycles. The first-order valence-electron chi connectivity index (χ1n) is 7.82. The highest BCUT2D eigenvalue weighted by atomic mass is 32.2. The van der Waals surface area contributed by atoms with Crippen molar-refractivity contribution in [2.24, 2.45) is 0 Å². The molecule has 1 fully saturated rings. The van der Waals surface area contributed by atoms with Gasteiger partial charge in [-0.15, -0.1) is 5.10 Å². The largest absolute Gasteiger partial charge is 0.350 e. The summed E-state index contributed by atoms with van der Waals surface area (Å²) >= 11 is 1.38. The van der Waals surface area contributed by atoms with E-state index in [9.17, 15) is 4.79 Å². The number of nitrogens with one attached hydrogen (secondary N) is 1. The van der Waals surface area contributed by atoms with Crippen LogP contribution in [0, 0.1) is 6.92 Å². The van der Waals surface area contributed by atoms with E-state index < -0.39 is 0 Å². The van der Waals surface area contributed by atoms with Crippen LogP contribution >= 0.6 is 11.8 Å². The highest BCUT2D eigenvalue weighted by molar-refractivity contribution is 7.99. The van der Waals surface area contributed by atoms with Gasteiger partial charge in [0.2, 0.25) is 11.1 Å². The third kappa shape index (κ3) is 4.28. The minimum atomic E-state index is -0.0423. The quantitative estimate of drug-likeness (QED) is 0.813. The van der Waals surface area contributed by atoms with Gasteiger partial charge in [-0.25, -0.2) is 4.68 Å². The number of hydrogen-bond donors (Lipinski definition) is 1. The predicted molar refractivity (Wildman–Crippen MR) is 86.9 cm³/mol. The molecule has 122 valence electrons. The number of aryl methyl sites for hydroxylation is 1. The molecular formula is C15H20N6OS. The van der Waals surface area contributed by atoms with E-state index in [1.165, 1.54) is 24.6 Å². The van der Waals surface area contributed by atoms with Gasteiger partial charge in [0.05, 0.1) is 24.0 Å². The van der Waals surface area contributed by atoms with Crippen LogP contribution in [0.25, 0.3) is 0 Å². The molecule has 0 atom stereocenters. The first kappa shape index (κ1) is 15.9. The van der Waals surface area contributed by atoms with Crippen LogP contribution in [0.5, 0.6) is 0 Å². The van der Waals surface area contributed by atoms with Gasteiger partial charge in [-0.1, -0.05) is 30.7 Å². The molecule has 0 unspecified atom stereocenters. The Labute approximate surface area is 139 Å². The summed E-state index contributed by atoms with van der Waals surface area (Å²) < 4.78 is 1.87. The summed E-state index contributed by atoms with van der Waals surface area (Å²) in [5, 5.41) is 15.5. The topological polar surface area (TPSA) is 85.6 Å². The Kier molecular flexibility index (Phi) is 5.22. The second kappa shape index (κ2) is 7.54. The maximum atomic E-state index is 12.0. The average molecular weight is 332 g/mol. The lowest BCUT2D eigenvalue weighted by molar-refractivity contribution is -0.118. The Hall–Kier alpha value is -1.96. The van der Waals surface area contributed by atoms with Crippen molar-refractivity contribution in [3.05, 3.63) is 29.6 Å². The van der Waals surface area contributed by atoms with Crippen LogP contribution in [-0.4, -0.2) is 36.9 Å². The van der Waals surface area contributed by atoms with Crippen LogP contribution in [-0.2, 0) is 11.3 Å². The molecule has 1 N–H and O–H groups in total. The molecule has 2 aromatic rings. The van der Waals surface area contributed by atoms with E-state index in [0.29, 0.717) is 18.3 Å². The number of carbonyl (C=O) groups is 1. The zero-order valence-corrected chi connectivity index (χ0v) is 13.9. The van der Waals surface area contributed by atoms with Crippen molar-refractivity contribution in [1.82, 2.24) is 30.5 Å². The molecule has 1 amide bonds. The van der Waals surface area contributed by atoms with E-state index in [2.05, 4.69) is 25.8 Å². The van der Waals surface area contributed by atoms with Crippen LogP contribution in [0.4, 0.5) is 0 Å². The second-order valence-corrected chi connectivity index (χ2v) is 6.62. The Morgan fingerprint density at radius 3 is 3.00 bits per heavy atom. The van der Waals surface area contributed by atoms with E-state index in [4.69, 9.17) is 0 Å². The van der Waals surface area contributed by atoms with E-state index >= 15 is 0 Å². The molecule has 0 aliphatic heterocycles. The first-order chi connectivity index (χ1) is 11.2. The maximum absolute atomic E-state index is 12.0. The zero-order valence-electron chi connectivity index (χ0n) is 13.1. The molecule has 1 aliphatic carbocycles. The van der Waals surface area contributed by atoms with Crippen LogP contribution in [0.15, 0.2) is 23.4 Å². The standard InChI is InChI=1S/C15H20N6OS/c1-11-5-4-6-12(17-11)9-16-14(22)10-23-15-18-19-20-21(15)13-7-2-3-8-13/h4-6,13H,2-3,7-10H2,1H3,(H,16,22). The number of amides is 1. The van der Waals surface area contributed by atoms with Crippen molar-refractivity contribution in [1.29, 1.82) is 0 Å². The Bertz CT molecular complexity index is 667. The van der Waals surface area contributed by atoms with Crippen LogP contribution in [0.2, 0.25) is 0 Å². The Balaban J connectivity index is 1.48. The molecule has 0 bridgehead atoms. The van der Waals surface area contributed by atoms with Gasteiger partial charge in [-0.2, -0.15) is 0 Å². The summed E-state index contributed by atoms with van der Waals surface area (Å²) in [4.78, 5) is 16.4. The number of nitrogens with zero attached hydrogens (tertiary/aromatic N) is 5. The van der Waals surface area contributed by atoms with Crippen LogP contribution in [0.1, 0.15) is 43.1 Å². The van der Waals surface area contributed by atoms with Crippen molar-refractivity contribution in [3.63, 3.8) is 0 Å². The molecule has 7 nitrogen and oxygen atoms in total. The third-order valence-electron chi connectivity index (χ3n) is 3.88. The summed E-state index contributed by atoms with van der Waals surface area (Å²) in [5.74, 6) is 0.262. The average Bonchev–Trinajstić information content (AvgIpc) is 3.21. The van der Waals surface area contributed by atoms with E-state index in [1.807, 2.05) is 29.8 Å². The van der Waals surface area contributed by atoms with Crippen molar-refractivity contribution in [3.8, 4) is 0 Å². The molecule has 1 saturated carbocycles. The number of hydrogen-bond acceptors (Lipinski definition) is 6. The lowest BCUT2D eigenvalue weighted by Gasteiger charge is -2.10. The minimum Gasteiger partial charge on any atom is -0.350 e. The van der Waals surface area contributed by atoms with Gasteiger partial charge < -0.3 is 5.32 Å².